The lowest BCUT2D eigenvalue weighted by molar-refractivity contribution is -0.964. The molecule has 0 aromatic carbocycles. The van der Waals surface area contributed by atoms with Gasteiger partial charge in [0.05, 0.1) is 12.1 Å². The van der Waals surface area contributed by atoms with Crippen molar-refractivity contribution in [2.45, 2.75) is 51.7 Å². The highest BCUT2D eigenvalue weighted by molar-refractivity contribution is 5.39. The highest BCUT2D eigenvalue weighted by Gasteiger charge is 2.28. The number of aromatic nitrogens is 2. The molecule has 1 unspecified atom stereocenters. The molecule has 0 amide bonds. The zero-order valence-electron chi connectivity index (χ0n) is 11.3. The van der Waals surface area contributed by atoms with Crippen LogP contribution in [0.15, 0.2) is 30.6 Å². The van der Waals surface area contributed by atoms with Gasteiger partial charge in [0.2, 0.25) is 0 Å². The molecule has 18 heavy (non-hydrogen) atoms. The number of likely N-dealkylation sites (tertiary alicyclic amines) is 1. The maximum Gasteiger partial charge on any atom is 0.137 e. The van der Waals surface area contributed by atoms with Crippen LogP contribution >= 0.6 is 0 Å². The molecule has 1 N–H and O–H groups in total. The van der Waals surface area contributed by atoms with E-state index in [9.17, 15) is 0 Å². The van der Waals surface area contributed by atoms with Crippen molar-refractivity contribution in [3.8, 4) is 0 Å². The van der Waals surface area contributed by atoms with Gasteiger partial charge in [-0.2, -0.15) is 0 Å². The summed E-state index contributed by atoms with van der Waals surface area (Å²) >= 11 is 0. The predicted molar refractivity (Wildman–Crippen MR) is 72.6 cm³/mol. The standard InChI is InChI=1S/C15H21N3/c1-12-6-5-7-13(2)18(12)11-14-10-17-9-4-3-8-15(17)16-14/h3-4,8-10,12-13H,5-7,11H2,1-2H3/p+1/t12-,13+. The second-order valence-electron chi connectivity index (χ2n) is 5.68. The summed E-state index contributed by atoms with van der Waals surface area (Å²) in [6.45, 7) is 5.81. The molecule has 0 bridgehead atoms. The van der Waals surface area contributed by atoms with Crippen molar-refractivity contribution in [1.29, 1.82) is 0 Å². The average molecular weight is 244 g/mol. The van der Waals surface area contributed by atoms with Crippen LogP contribution in [-0.4, -0.2) is 21.5 Å². The van der Waals surface area contributed by atoms with E-state index in [-0.39, 0.29) is 0 Å². The zero-order chi connectivity index (χ0) is 12.5. The first kappa shape index (κ1) is 11.7. The number of quaternary nitrogens is 1. The zero-order valence-corrected chi connectivity index (χ0v) is 11.3. The third-order valence-corrected chi connectivity index (χ3v) is 4.34. The molecular weight excluding hydrogens is 222 g/mol. The molecule has 3 nitrogen and oxygen atoms in total. The molecule has 1 aliphatic rings. The molecule has 1 fully saturated rings. The summed E-state index contributed by atoms with van der Waals surface area (Å²) in [5, 5.41) is 0. The number of piperidine rings is 1. The minimum Gasteiger partial charge on any atom is -0.325 e. The predicted octanol–water partition coefficient (Wildman–Crippen LogP) is 1.68. The van der Waals surface area contributed by atoms with Crippen LogP contribution in [0.1, 0.15) is 38.8 Å². The number of hydrogen-bond acceptors (Lipinski definition) is 1. The summed E-state index contributed by atoms with van der Waals surface area (Å²) in [4.78, 5) is 6.42. The number of rotatable bonds is 2. The molecule has 1 aliphatic heterocycles. The van der Waals surface area contributed by atoms with E-state index in [0.29, 0.717) is 0 Å². The van der Waals surface area contributed by atoms with Crippen LogP contribution in [0.5, 0.6) is 0 Å². The Labute approximate surface area is 108 Å². The van der Waals surface area contributed by atoms with Crippen LogP contribution in [0.2, 0.25) is 0 Å². The largest absolute Gasteiger partial charge is 0.325 e. The number of fused-ring (bicyclic) bond motifs is 1. The fourth-order valence-corrected chi connectivity index (χ4v) is 3.22. The maximum atomic E-state index is 4.72. The van der Waals surface area contributed by atoms with Gasteiger partial charge < -0.3 is 9.30 Å². The molecule has 0 radical (unpaired) electrons. The smallest absolute Gasteiger partial charge is 0.137 e. The van der Waals surface area contributed by atoms with Gasteiger partial charge >= 0.3 is 0 Å². The van der Waals surface area contributed by atoms with Gasteiger partial charge in [-0.15, -0.1) is 0 Å². The van der Waals surface area contributed by atoms with Crippen molar-refractivity contribution < 1.29 is 4.90 Å². The van der Waals surface area contributed by atoms with E-state index in [1.165, 1.54) is 25.0 Å². The first-order valence-electron chi connectivity index (χ1n) is 7.02. The first-order chi connectivity index (χ1) is 8.74. The van der Waals surface area contributed by atoms with Crippen molar-refractivity contribution in [2.24, 2.45) is 0 Å². The van der Waals surface area contributed by atoms with Crippen molar-refractivity contribution in [2.75, 3.05) is 0 Å². The summed E-state index contributed by atoms with van der Waals surface area (Å²) in [6.07, 6.45) is 8.34. The van der Waals surface area contributed by atoms with Crippen LogP contribution in [0, 0.1) is 0 Å². The van der Waals surface area contributed by atoms with Crippen LogP contribution in [-0.2, 0) is 6.54 Å². The van der Waals surface area contributed by atoms with E-state index < -0.39 is 0 Å². The molecule has 0 aliphatic carbocycles. The number of pyridine rings is 1. The Kier molecular flexibility index (Phi) is 3.08. The number of nitrogens with one attached hydrogen (secondary N) is 1. The summed E-state index contributed by atoms with van der Waals surface area (Å²) in [5.74, 6) is 0. The molecule has 2 aromatic heterocycles. The van der Waals surface area contributed by atoms with Gasteiger partial charge in [0.1, 0.15) is 17.9 Å². The van der Waals surface area contributed by atoms with Gasteiger partial charge in [0.25, 0.3) is 0 Å². The van der Waals surface area contributed by atoms with E-state index >= 15 is 0 Å². The molecule has 0 saturated carbocycles. The Balaban J connectivity index is 1.82. The highest BCUT2D eigenvalue weighted by Crippen LogP contribution is 2.09. The number of nitrogens with zero attached hydrogens (tertiary/aromatic N) is 2. The maximum absolute atomic E-state index is 4.72. The van der Waals surface area contributed by atoms with E-state index in [1.54, 1.807) is 4.90 Å². The Morgan fingerprint density at radius 3 is 2.78 bits per heavy atom. The average Bonchev–Trinajstić information content (AvgIpc) is 2.76. The van der Waals surface area contributed by atoms with Crippen molar-refractivity contribution in [3.05, 3.63) is 36.3 Å². The number of imidazole rings is 1. The van der Waals surface area contributed by atoms with E-state index in [2.05, 4.69) is 42.8 Å². The van der Waals surface area contributed by atoms with E-state index in [0.717, 1.165) is 24.3 Å². The third kappa shape index (κ3) is 2.15. The van der Waals surface area contributed by atoms with Gasteiger partial charge in [0.15, 0.2) is 0 Å². The normalized spacial score (nSPS) is 28.7. The summed E-state index contributed by atoms with van der Waals surface area (Å²) in [5.41, 5.74) is 2.28. The quantitative estimate of drug-likeness (QED) is 0.853. The van der Waals surface area contributed by atoms with Gasteiger partial charge in [-0.1, -0.05) is 6.07 Å². The molecule has 96 valence electrons. The molecule has 3 rings (SSSR count). The second-order valence-corrected chi connectivity index (χ2v) is 5.68. The Bertz CT molecular complexity index is 488. The SMILES string of the molecule is C[C@@H]1CCC[C@H](C)[NH+]1Cc1cn2ccccc2n1. The summed E-state index contributed by atoms with van der Waals surface area (Å²) in [7, 11) is 0. The lowest BCUT2D eigenvalue weighted by atomic mass is 9.97. The fraction of sp³-hybridized carbons (Fsp3) is 0.533. The molecule has 3 atom stereocenters. The van der Waals surface area contributed by atoms with Crippen LogP contribution < -0.4 is 4.90 Å². The Morgan fingerprint density at radius 1 is 1.28 bits per heavy atom. The second kappa shape index (κ2) is 4.73. The first-order valence-corrected chi connectivity index (χ1v) is 7.02. The lowest BCUT2D eigenvalue weighted by Gasteiger charge is -2.35. The van der Waals surface area contributed by atoms with Crippen molar-refractivity contribution >= 4 is 5.65 Å². The molecule has 1 saturated heterocycles. The minimum absolute atomic E-state index is 0.763. The highest BCUT2D eigenvalue weighted by atomic mass is 15.2. The summed E-state index contributed by atoms with van der Waals surface area (Å²) < 4.78 is 2.12. The van der Waals surface area contributed by atoms with Crippen molar-refractivity contribution in [1.82, 2.24) is 9.38 Å². The number of hydrogen-bond donors (Lipinski definition) is 1. The Hall–Kier alpha value is -1.35. The molecule has 3 heteroatoms. The van der Waals surface area contributed by atoms with E-state index in [4.69, 9.17) is 4.98 Å². The molecular formula is C15H22N3+. The Morgan fingerprint density at radius 2 is 2.06 bits per heavy atom. The fourth-order valence-electron chi connectivity index (χ4n) is 3.22. The van der Waals surface area contributed by atoms with Crippen LogP contribution in [0.3, 0.4) is 0 Å². The lowest BCUT2D eigenvalue weighted by Crippen LogP contribution is -3.18. The molecule has 2 aromatic rings. The van der Waals surface area contributed by atoms with Crippen LogP contribution in [0.25, 0.3) is 5.65 Å². The van der Waals surface area contributed by atoms with E-state index in [1.807, 2.05) is 6.07 Å². The van der Waals surface area contributed by atoms with Gasteiger partial charge in [-0.25, -0.2) is 4.98 Å². The molecule has 3 heterocycles. The summed E-state index contributed by atoms with van der Waals surface area (Å²) in [6, 6.07) is 7.70. The topological polar surface area (TPSA) is 21.7 Å². The minimum atomic E-state index is 0.763. The van der Waals surface area contributed by atoms with Gasteiger partial charge in [-0.05, 0) is 45.2 Å². The molecule has 0 spiro atoms. The van der Waals surface area contributed by atoms with Crippen molar-refractivity contribution in [3.63, 3.8) is 0 Å². The monoisotopic (exact) mass is 244 g/mol. The third-order valence-electron chi connectivity index (χ3n) is 4.34. The van der Waals surface area contributed by atoms with Gasteiger partial charge in [0, 0.05) is 12.4 Å². The van der Waals surface area contributed by atoms with Gasteiger partial charge in [-0.3, -0.25) is 0 Å². The van der Waals surface area contributed by atoms with Crippen LogP contribution in [0.4, 0.5) is 0 Å².